The second-order valence-corrected chi connectivity index (χ2v) is 4.06. The number of likely N-dealkylation sites (tertiary alicyclic amines) is 1. The molecule has 1 aliphatic heterocycles. The van der Waals surface area contributed by atoms with Crippen molar-refractivity contribution in [3.8, 4) is 0 Å². The van der Waals surface area contributed by atoms with Crippen LogP contribution >= 0.6 is 0 Å². The molecule has 7 heteroatoms. The van der Waals surface area contributed by atoms with Crippen molar-refractivity contribution in [3.05, 3.63) is 6.33 Å². The molecule has 1 aromatic heterocycles. The Hall–Kier alpha value is -1.50. The SMILES string of the molecule is CNCC1CCN(C(=O)Cn2cnnn2)C1. The Bertz CT molecular complexity index is 338. The first-order valence-corrected chi connectivity index (χ1v) is 5.42. The summed E-state index contributed by atoms with van der Waals surface area (Å²) in [6.45, 7) is 2.88. The molecule has 2 heterocycles. The van der Waals surface area contributed by atoms with E-state index in [0.717, 1.165) is 26.1 Å². The first-order chi connectivity index (χ1) is 7.79. The highest BCUT2D eigenvalue weighted by Gasteiger charge is 2.25. The number of nitrogens with zero attached hydrogens (tertiary/aromatic N) is 5. The van der Waals surface area contributed by atoms with Crippen molar-refractivity contribution < 1.29 is 4.79 Å². The largest absolute Gasteiger partial charge is 0.341 e. The second kappa shape index (κ2) is 5.02. The van der Waals surface area contributed by atoms with Crippen LogP contribution in [0.4, 0.5) is 0 Å². The van der Waals surface area contributed by atoms with E-state index in [1.165, 1.54) is 11.0 Å². The maximum Gasteiger partial charge on any atom is 0.244 e. The summed E-state index contributed by atoms with van der Waals surface area (Å²) >= 11 is 0. The maximum absolute atomic E-state index is 11.9. The molecule has 1 aliphatic rings. The fraction of sp³-hybridized carbons (Fsp3) is 0.778. The van der Waals surface area contributed by atoms with E-state index in [0.29, 0.717) is 5.92 Å². The average Bonchev–Trinajstić information content (AvgIpc) is 2.89. The summed E-state index contributed by atoms with van der Waals surface area (Å²) < 4.78 is 1.45. The zero-order valence-corrected chi connectivity index (χ0v) is 9.33. The number of hydrogen-bond donors (Lipinski definition) is 1. The zero-order chi connectivity index (χ0) is 11.4. The van der Waals surface area contributed by atoms with Crippen LogP contribution in [-0.2, 0) is 11.3 Å². The van der Waals surface area contributed by atoms with E-state index >= 15 is 0 Å². The van der Waals surface area contributed by atoms with Crippen molar-refractivity contribution in [1.29, 1.82) is 0 Å². The lowest BCUT2D eigenvalue weighted by molar-refractivity contribution is -0.131. The zero-order valence-electron chi connectivity index (χ0n) is 9.33. The molecule has 7 nitrogen and oxygen atoms in total. The number of rotatable bonds is 4. The molecule has 1 aromatic rings. The van der Waals surface area contributed by atoms with Crippen LogP contribution in [0, 0.1) is 5.92 Å². The molecule has 1 amide bonds. The van der Waals surface area contributed by atoms with Gasteiger partial charge in [-0.15, -0.1) is 5.10 Å². The van der Waals surface area contributed by atoms with Gasteiger partial charge in [-0.05, 0) is 36.4 Å². The van der Waals surface area contributed by atoms with Crippen molar-refractivity contribution in [1.82, 2.24) is 30.4 Å². The fourth-order valence-electron chi connectivity index (χ4n) is 2.01. The van der Waals surface area contributed by atoms with Gasteiger partial charge in [-0.25, -0.2) is 4.68 Å². The first kappa shape index (κ1) is 11.0. The quantitative estimate of drug-likeness (QED) is 0.691. The topological polar surface area (TPSA) is 75.9 Å². The van der Waals surface area contributed by atoms with Crippen molar-refractivity contribution in [2.24, 2.45) is 5.92 Å². The van der Waals surface area contributed by atoms with Crippen LogP contribution in [0.5, 0.6) is 0 Å². The lowest BCUT2D eigenvalue weighted by Crippen LogP contribution is -2.33. The fourth-order valence-corrected chi connectivity index (χ4v) is 2.01. The summed E-state index contributed by atoms with van der Waals surface area (Å²) in [6, 6.07) is 0. The highest BCUT2D eigenvalue weighted by Crippen LogP contribution is 2.15. The Morgan fingerprint density at radius 3 is 3.19 bits per heavy atom. The summed E-state index contributed by atoms with van der Waals surface area (Å²) in [5.41, 5.74) is 0. The minimum absolute atomic E-state index is 0.0888. The predicted molar refractivity (Wildman–Crippen MR) is 56.4 cm³/mol. The molecule has 0 spiro atoms. The monoisotopic (exact) mass is 224 g/mol. The minimum Gasteiger partial charge on any atom is -0.341 e. The molecule has 0 aromatic carbocycles. The molecular weight excluding hydrogens is 208 g/mol. The Kier molecular flexibility index (Phi) is 3.45. The average molecular weight is 224 g/mol. The summed E-state index contributed by atoms with van der Waals surface area (Å²) in [4.78, 5) is 13.7. The molecule has 0 saturated carbocycles. The molecule has 16 heavy (non-hydrogen) atoms. The summed E-state index contributed by atoms with van der Waals surface area (Å²) in [5.74, 6) is 0.661. The molecule has 0 aliphatic carbocycles. The minimum atomic E-state index is 0.0888. The van der Waals surface area contributed by atoms with Crippen LogP contribution in [0.2, 0.25) is 0 Å². The number of hydrogen-bond acceptors (Lipinski definition) is 5. The van der Waals surface area contributed by atoms with Gasteiger partial charge in [-0.1, -0.05) is 0 Å². The van der Waals surface area contributed by atoms with Crippen LogP contribution in [0.3, 0.4) is 0 Å². The lowest BCUT2D eigenvalue weighted by Gasteiger charge is -2.16. The highest BCUT2D eigenvalue weighted by atomic mass is 16.2. The van der Waals surface area contributed by atoms with Gasteiger partial charge in [-0.2, -0.15) is 0 Å². The smallest absolute Gasteiger partial charge is 0.244 e. The molecule has 0 bridgehead atoms. The number of aromatic nitrogens is 4. The van der Waals surface area contributed by atoms with Crippen molar-refractivity contribution in [3.63, 3.8) is 0 Å². The second-order valence-electron chi connectivity index (χ2n) is 4.06. The third-order valence-corrected chi connectivity index (χ3v) is 2.82. The van der Waals surface area contributed by atoms with E-state index in [-0.39, 0.29) is 12.5 Å². The number of tetrazole rings is 1. The van der Waals surface area contributed by atoms with E-state index in [4.69, 9.17) is 0 Å². The molecule has 0 radical (unpaired) electrons. The van der Waals surface area contributed by atoms with E-state index in [9.17, 15) is 4.79 Å². The molecule has 1 saturated heterocycles. The van der Waals surface area contributed by atoms with E-state index in [2.05, 4.69) is 20.8 Å². The van der Waals surface area contributed by atoms with Crippen molar-refractivity contribution >= 4 is 5.91 Å². The normalized spacial score (nSPS) is 20.3. The molecule has 88 valence electrons. The van der Waals surface area contributed by atoms with E-state index < -0.39 is 0 Å². The third kappa shape index (κ3) is 2.54. The number of carbonyl (C=O) groups is 1. The molecule has 1 atom stereocenters. The third-order valence-electron chi connectivity index (χ3n) is 2.82. The Labute approximate surface area is 93.8 Å². The summed E-state index contributed by atoms with van der Waals surface area (Å²) in [6.07, 6.45) is 2.53. The maximum atomic E-state index is 11.9. The standard InChI is InChI=1S/C9H16N6O/c1-10-4-8-2-3-14(5-8)9(16)6-15-7-11-12-13-15/h7-8,10H,2-6H2,1H3. The van der Waals surface area contributed by atoms with E-state index in [1.54, 1.807) is 0 Å². The molecule has 1 N–H and O–H groups in total. The van der Waals surface area contributed by atoms with Gasteiger partial charge in [0.2, 0.25) is 5.91 Å². The van der Waals surface area contributed by atoms with Gasteiger partial charge >= 0.3 is 0 Å². The first-order valence-electron chi connectivity index (χ1n) is 5.42. The van der Waals surface area contributed by atoms with Crippen molar-refractivity contribution in [2.45, 2.75) is 13.0 Å². The Balaban J connectivity index is 1.83. The van der Waals surface area contributed by atoms with Gasteiger partial charge in [0.25, 0.3) is 0 Å². The molecule has 1 unspecified atom stereocenters. The van der Waals surface area contributed by atoms with Gasteiger partial charge in [0.05, 0.1) is 0 Å². The summed E-state index contributed by atoms with van der Waals surface area (Å²) in [5, 5.41) is 13.8. The van der Waals surface area contributed by atoms with Gasteiger partial charge in [0, 0.05) is 13.1 Å². The van der Waals surface area contributed by atoms with Crippen molar-refractivity contribution in [2.75, 3.05) is 26.7 Å². The van der Waals surface area contributed by atoms with Crippen LogP contribution in [0.25, 0.3) is 0 Å². The predicted octanol–water partition coefficient (Wildman–Crippen LogP) is -1.26. The number of carbonyl (C=O) groups excluding carboxylic acids is 1. The van der Waals surface area contributed by atoms with Crippen LogP contribution in [0.15, 0.2) is 6.33 Å². The number of nitrogens with one attached hydrogen (secondary N) is 1. The molecule has 1 fully saturated rings. The highest BCUT2D eigenvalue weighted by molar-refractivity contribution is 5.76. The van der Waals surface area contributed by atoms with Gasteiger partial charge in [0.1, 0.15) is 12.9 Å². The Morgan fingerprint density at radius 1 is 1.62 bits per heavy atom. The van der Waals surface area contributed by atoms with Crippen LogP contribution < -0.4 is 5.32 Å². The van der Waals surface area contributed by atoms with Gasteiger partial charge < -0.3 is 10.2 Å². The van der Waals surface area contributed by atoms with E-state index in [1.807, 2.05) is 11.9 Å². The lowest BCUT2D eigenvalue weighted by atomic mass is 10.1. The van der Waals surface area contributed by atoms with Crippen LogP contribution in [-0.4, -0.2) is 57.7 Å². The molecular formula is C9H16N6O. The molecule has 2 rings (SSSR count). The summed E-state index contributed by atoms with van der Waals surface area (Å²) in [7, 11) is 1.94. The number of amides is 1. The van der Waals surface area contributed by atoms with Gasteiger partial charge in [-0.3, -0.25) is 4.79 Å². The Morgan fingerprint density at radius 2 is 2.50 bits per heavy atom. The van der Waals surface area contributed by atoms with Gasteiger partial charge in [0.15, 0.2) is 0 Å². The van der Waals surface area contributed by atoms with Crippen LogP contribution in [0.1, 0.15) is 6.42 Å².